The summed E-state index contributed by atoms with van der Waals surface area (Å²) >= 11 is 0. The fraction of sp³-hybridized carbons (Fsp3) is 0.720. The van der Waals surface area contributed by atoms with Gasteiger partial charge in [-0.2, -0.15) is 0 Å². The average Bonchev–Trinajstić information content (AvgIpc) is 3.05. The number of nitrogens with one attached hydrogen (secondary N) is 2. The molecule has 0 radical (unpaired) electrons. The van der Waals surface area contributed by atoms with Crippen LogP contribution in [0.2, 0.25) is 0 Å². The standard InChI is InChI=1S/C25H43N5O2/c1-3-26-24(28-20-25(2,31)21-30-13-15-32-16-14-30)27-18-22-9-8-10-23(17-22)19-29-11-6-4-5-7-12-29/h8-10,17,31H,3-7,11-16,18-21H2,1-2H3,(H2,26,27,28). The number of nitrogens with zero attached hydrogens (tertiary/aromatic N) is 3. The van der Waals surface area contributed by atoms with Gasteiger partial charge in [-0.1, -0.05) is 37.1 Å². The number of hydrogen-bond donors (Lipinski definition) is 3. The molecule has 2 aliphatic rings. The molecule has 0 aliphatic carbocycles. The van der Waals surface area contributed by atoms with Crippen LogP contribution in [-0.2, 0) is 17.8 Å². The molecule has 0 spiro atoms. The van der Waals surface area contributed by atoms with Gasteiger partial charge in [0, 0.05) is 39.3 Å². The van der Waals surface area contributed by atoms with E-state index in [0.29, 0.717) is 19.6 Å². The van der Waals surface area contributed by atoms with Crippen molar-refractivity contribution in [1.29, 1.82) is 0 Å². The minimum Gasteiger partial charge on any atom is -0.387 e. The number of aliphatic imine (C=N–C) groups is 1. The molecule has 3 N–H and O–H groups in total. The van der Waals surface area contributed by atoms with Gasteiger partial charge in [0.1, 0.15) is 0 Å². The van der Waals surface area contributed by atoms with Crippen molar-refractivity contribution in [2.75, 3.05) is 59.0 Å². The largest absolute Gasteiger partial charge is 0.387 e. The summed E-state index contributed by atoms with van der Waals surface area (Å²) in [5.41, 5.74) is 1.75. The maximum Gasteiger partial charge on any atom is 0.191 e. The van der Waals surface area contributed by atoms with E-state index in [0.717, 1.165) is 45.4 Å². The molecule has 7 nitrogen and oxygen atoms in total. The molecule has 2 aliphatic heterocycles. The van der Waals surface area contributed by atoms with Crippen LogP contribution in [0.3, 0.4) is 0 Å². The molecule has 1 aromatic carbocycles. The van der Waals surface area contributed by atoms with Gasteiger partial charge in [0.05, 0.1) is 25.4 Å². The summed E-state index contributed by atoms with van der Waals surface area (Å²) in [7, 11) is 0. The molecule has 7 heteroatoms. The first-order valence-corrected chi connectivity index (χ1v) is 12.4. The zero-order valence-corrected chi connectivity index (χ0v) is 20.1. The van der Waals surface area contributed by atoms with Crippen molar-refractivity contribution in [3.63, 3.8) is 0 Å². The van der Waals surface area contributed by atoms with Gasteiger partial charge in [-0.3, -0.25) is 9.80 Å². The van der Waals surface area contributed by atoms with E-state index < -0.39 is 5.60 Å². The smallest absolute Gasteiger partial charge is 0.191 e. The quantitative estimate of drug-likeness (QED) is 0.400. The topological polar surface area (TPSA) is 72.4 Å². The van der Waals surface area contributed by atoms with Crippen molar-refractivity contribution in [2.45, 2.75) is 58.2 Å². The maximum atomic E-state index is 10.8. The second-order valence-electron chi connectivity index (χ2n) is 9.44. The Hall–Kier alpha value is -1.67. The summed E-state index contributed by atoms with van der Waals surface area (Å²) in [6.45, 7) is 13.1. The average molecular weight is 446 g/mol. The van der Waals surface area contributed by atoms with Crippen LogP contribution >= 0.6 is 0 Å². The molecule has 0 bridgehead atoms. The predicted molar refractivity (Wildman–Crippen MR) is 131 cm³/mol. The predicted octanol–water partition coefficient (Wildman–Crippen LogP) is 2.20. The van der Waals surface area contributed by atoms with Crippen LogP contribution in [0.1, 0.15) is 50.7 Å². The Labute approximate surface area is 194 Å². The molecule has 2 heterocycles. The molecule has 0 saturated carbocycles. The summed E-state index contributed by atoms with van der Waals surface area (Å²) in [6, 6.07) is 8.80. The lowest BCUT2D eigenvalue weighted by Crippen LogP contribution is -2.52. The molecule has 1 unspecified atom stereocenters. The highest BCUT2D eigenvalue weighted by atomic mass is 16.5. The Kier molecular flexibility index (Phi) is 10.2. The second-order valence-corrected chi connectivity index (χ2v) is 9.44. The third-order valence-electron chi connectivity index (χ3n) is 6.16. The molecule has 180 valence electrons. The van der Waals surface area contributed by atoms with Crippen molar-refractivity contribution < 1.29 is 9.84 Å². The Balaban J connectivity index is 1.52. The van der Waals surface area contributed by atoms with Crippen molar-refractivity contribution in [1.82, 2.24) is 20.4 Å². The maximum absolute atomic E-state index is 10.8. The molecule has 1 aromatic rings. The summed E-state index contributed by atoms with van der Waals surface area (Å²) in [5.74, 6) is 0.743. The van der Waals surface area contributed by atoms with Gasteiger partial charge in [0.15, 0.2) is 5.96 Å². The van der Waals surface area contributed by atoms with Crippen molar-refractivity contribution >= 4 is 5.96 Å². The fourth-order valence-electron chi connectivity index (χ4n) is 4.46. The number of ether oxygens (including phenoxy) is 1. The van der Waals surface area contributed by atoms with Crippen LogP contribution in [-0.4, -0.2) is 85.5 Å². The van der Waals surface area contributed by atoms with Crippen molar-refractivity contribution in [3.8, 4) is 0 Å². The van der Waals surface area contributed by atoms with E-state index in [1.54, 1.807) is 0 Å². The zero-order chi connectivity index (χ0) is 22.7. The van der Waals surface area contributed by atoms with Crippen LogP contribution in [0.4, 0.5) is 0 Å². The van der Waals surface area contributed by atoms with Crippen LogP contribution in [0.25, 0.3) is 0 Å². The molecule has 2 fully saturated rings. The molecule has 3 rings (SSSR count). The normalized spacial score (nSPS) is 21.0. The highest BCUT2D eigenvalue weighted by molar-refractivity contribution is 5.79. The van der Waals surface area contributed by atoms with Crippen LogP contribution in [0.15, 0.2) is 29.3 Å². The second kappa shape index (κ2) is 13.1. The van der Waals surface area contributed by atoms with Gasteiger partial charge >= 0.3 is 0 Å². The molecule has 2 saturated heterocycles. The lowest BCUT2D eigenvalue weighted by molar-refractivity contribution is -0.0201. The van der Waals surface area contributed by atoms with Crippen molar-refractivity contribution in [2.24, 2.45) is 4.99 Å². The number of likely N-dealkylation sites (tertiary alicyclic amines) is 1. The van der Waals surface area contributed by atoms with E-state index in [1.165, 1.54) is 49.9 Å². The van der Waals surface area contributed by atoms with Gasteiger partial charge in [-0.15, -0.1) is 0 Å². The molecule has 32 heavy (non-hydrogen) atoms. The monoisotopic (exact) mass is 445 g/mol. The Bertz CT molecular complexity index is 695. The third kappa shape index (κ3) is 9.06. The van der Waals surface area contributed by atoms with Crippen LogP contribution in [0, 0.1) is 0 Å². The third-order valence-corrected chi connectivity index (χ3v) is 6.16. The summed E-state index contributed by atoms with van der Waals surface area (Å²) in [6.07, 6.45) is 5.36. The fourth-order valence-corrected chi connectivity index (χ4v) is 4.46. The Morgan fingerprint density at radius 3 is 2.47 bits per heavy atom. The van der Waals surface area contributed by atoms with E-state index in [1.807, 2.05) is 6.92 Å². The van der Waals surface area contributed by atoms with Gasteiger partial charge in [-0.25, -0.2) is 4.99 Å². The molecular weight excluding hydrogens is 402 g/mol. The van der Waals surface area contributed by atoms with Crippen LogP contribution in [0.5, 0.6) is 0 Å². The zero-order valence-electron chi connectivity index (χ0n) is 20.1. The van der Waals surface area contributed by atoms with E-state index in [9.17, 15) is 5.11 Å². The SMILES string of the molecule is CCNC(=NCc1cccc(CN2CCCCCC2)c1)NCC(C)(O)CN1CCOCC1. The molecular formula is C25H43N5O2. The van der Waals surface area contributed by atoms with Gasteiger partial charge in [0.2, 0.25) is 0 Å². The number of aliphatic hydroxyl groups is 1. The lowest BCUT2D eigenvalue weighted by atomic mass is 10.1. The van der Waals surface area contributed by atoms with E-state index in [2.05, 4.69) is 51.6 Å². The van der Waals surface area contributed by atoms with E-state index in [4.69, 9.17) is 9.73 Å². The Morgan fingerprint density at radius 1 is 1.03 bits per heavy atom. The summed E-state index contributed by atoms with van der Waals surface area (Å²) in [4.78, 5) is 9.61. The van der Waals surface area contributed by atoms with Crippen LogP contribution < -0.4 is 10.6 Å². The molecule has 0 amide bonds. The number of guanidine groups is 1. The number of benzene rings is 1. The van der Waals surface area contributed by atoms with Gasteiger partial charge in [0.25, 0.3) is 0 Å². The first-order valence-electron chi connectivity index (χ1n) is 12.4. The number of morpholine rings is 1. The lowest BCUT2D eigenvalue weighted by Gasteiger charge is -2.34. The minimum absolute atomic E-state index is 0.450. The minimum atomic E-state index is -0.833. The van der Waals surface area contributed by atoms with Crippen molar-refractivity contribution in [3.05, 3.63) is 35.4 Å². The first-order chi connectivity index (χ1) is 15.5. The number of β-amino-alcohol motifs (C(OH)–C–C–N with tert-alkyl or cyclic N) is 1. The number of hydrogen-bond acceptors (Lipinski definition) is 5. The van der Waals surface area contributed by atoms with E-state index in [-0.39, 0.29) is 0 Å². The van der Waals surface area contributed by atoms with Gasteiger partial charge < -0.3 is 20.5 Å². The first kappa shape index (κ1) is 25.0. The number of rotatable bonds is 9. The highest BCUT2D eigenvalue weighted by Crippen LogP contribution is 2.15. The molecule has 0 aromatic heterocycles. The highest BCUT2D eigenvalue weighted by Gasteiger charge is 2.25. The molecule has 1 atom stereocenters. The summed E-state index contributed by atoms with van der Waals surface area (Å²) < 4.78 is 5.40. The Morgan fingerprint density at radius 2 is 1.75 bits per heavy atom. The van der Waals surface area contributed by atoms with E-state index >= 15 is 0 Å². The summed E-state index contributed by atoms with van der Waals surface area (Å²) in [5, 5.41) is 17.5. The van der Waals surface area contributed by atoms with Gasteiger partial charge in [-0.05, 0) is 50.9 Å².